The Kier molecular flexibility index (Phi) is 4.16. The van der Waals surface area contributed by atoms with Gasteiger partial charge in [0.05, 0.1) is 5.56 Å². The van der Waals surface area contributed by atoms with E-state index in [4.69, 9.17) is 5.11 Å². The molecule has 0 atom stereocenters. The Morgan fingerprint density at radius 3 is 2.53 bits per heavy atom. The largest absolute Gasteiger partial charge is 0.478 e. The van der Waals surface area contributed by atoms with Gasteiger partial charge in [-0.1, -0.05) is 28.1 Å². The molecule has 0 aromatic heterocycles. The SMILES string of the molecule is O=C(O)c1cc(Br)cc(NCc2ccc(F)cc2)c1. The quantitative estimate of drug-likeness (QED) is 0.897. The average molecular weight is 324 g/mol. The lowest BCUT2D eigenvalue weighted by molar-refractivity contribution is 0.0697. The molecule has 2 aromatic carbocycles. The molecule has 0 heterocycles. The summed E-state index contributed by atoms with van der Waals surface area (Å²) in [5.41, 5.74) is 1.81. The van der Waals surface area contributed by atoms with Crippen LogP contribution in [0.2, 0.25) is 0 Å². The Morgan fingerprint density at radius 2 is 1.89 bits per heavy atom. The molecule has 19 heavy (non-hydrogen) atoms. The van der Waals surface area contributed by atoms with Crippen LogP contribution >= 0.6 is 15.9 Å². The normalized spacial score (nSPS) is 10.2. The zero-order valence-electron chi connectivity index (χ0n) is 9.86. The molecule has 0 saturated carbocycles. The van der Waals surface area contributed by atoms with E-state index in [1.807, 2.05) is 0 Å². The molecule has 0 bridgehead atoms. The summed E-state index contributed by atoms with van der Waals surface area (Å²) in [5, 5.41) is 12.1. The second-order valence-electron chi connectivity index (χ2n) is 4.01. The first-order chi connectivity index (χ1) is 9.04. The van der Waals surface area contributed by atoms with Crippen molar-refractivity contribution in [1.29, 1.82) is 0 Å². The monoisotopic (exact) mass is 323 g/mol. The molecule has 2 aromatic rings. The highest BCUT2D eigenvalue weighted by atomic mass is 79.9. The molecule has 0 aliphatic heterocycles. The van der Waals surface area contributed by atoms with Crippen molar-refractivity contribution in [1.82, 2.24) is 0 Å². The zero-order chi connectivity index (χ0) is 13.8. The Labute approximate surface area is 118 Å². The summed E-state index contributed by atoms with van der Waals surface area (Å²) in [6.07, 6.45) is 0. The van der Waals surface area contributed by atoms with Crippen LogP contribution in [0.4, 0.5) is 10.1 Å². The lowest BCUT2D eigenvalue weighted by atomic mass is 10.2. The summed E-state index contributed by atoms with van der Waals surface area (Å²) < 4.78 is 13.4. The number of halogens is 2. The third-order valence-corrected chi connectivity index (χ3v) is 3.01. The van der Waals surface area contributed by atoms with Gasteiger partial charge in [-0.3, -0.25) is 0 Å². The number of hydrogen-bond donors (Lipinski definition) is 2. The Morgan fingerprint density at radius 1 is 1.21 bits per heavy atom. The fourth-order valence-electron chi connectivity index (χ4n) is 1.62. The maximum Gasteiger partial charge on any atom is 0.335 e. The summed E-state index contributed by atoms with van der Waals surface area (Å²) in [6, 6.07) is 11.0. The number of benzene rings is 2. The highest BCUT2D eigenvalue weighted by molar-refractivity contribution is 9.10. The maximum atomic E-state index is 12.8. The smallest absolute Gasteiger partial charge is 0.335 e. The van der Waals surface area contributed by atoms with Gasteiger partial charge in [0, 0.05) is 16.7 Å². The van der Waals surface area contributed by atoms with E-state index in [1.54, 1.807) is 24.3 Å². The number of nitrogens with one attached hydrogen (secondary N) is 1. The van der Waals surface area contributed by atoms with Crippen molar-refractivity contribution in [3.63, 3.8) is 0 Å². The third-order valence-electron chi connectivity index (χ3n) is 2.55. The van der Waals surface area contributed by atoms with Crippen molar-refractivity contribution >= 4 is 27.6 Å². The van der Waals surface area contributed by atoms with Crippen molar-refractivity contribution in [2.24, 2.45) is 0 Å². The Bertz CT molecular complexity index is 599. The number of carboxylic acids is 1. The summed E-state index contributed by atoms with van der Waals surface area (Å²) in [4.78, 5) is 10.9. The lowest BCUT2D eigenvalue weighted by Gasteiger charge is -2.08. The molecule has 98 valence electrons. The minimum atomic E-state index is -0.980. The van der Waals surface area contributed by atoms with Crippen LogP contribution in [0.3, 0.4) is 0 Å². The van der Waals surface area contributed by atoms with Crippen molar-refractivity contribution in [2.75, 3.05) is 5.32 Å². The van der Waals surface area contributed by atoms with Gasteiger partial charge in [-0.15, -0.1) is 0 Å². The molecule has 0 spiro atoms. The van der Waals surface area contributed by atoms with Gasteiger partial charge < -0.3 is 10.4 Å². The molecule has 0 aliphatic carbocycles. The van der Waals surface area contributed by atoms with E-state index in [0.29, 0.717) is 16.7 Å². The molecule has 0 aliphatic rings. The van der Waals surface area contributed by atoms with Gasteiger partial charge in [-0.2, -0.15) is 0 Å². The number of aromatic carboxylic acids is 1. The van der Waals surface area contributed by atoms with Crippen molar-refractivity contribution in [2.45, 2.75) is 6.54 Å². The van der Waals surface area contributed by atoms with Crippen LogP contribution < -0.4 is 5.32 Å². The second-order valence-corrected chi connectivity index (χ2v) is 4.93. The lowest BCUT2D eigenvalue weighted by Crippen LogP contribution is -2.02. The summed E-state index contributed by atoms with van der Waals surface area (Å²) in [6.45, 7) is 0.496. The summed E-state index contributed by atoms with van der Waals surface area (Å²) >= 11 is 3.26. The van der Waals surface area contributed by atoms with Crippen LogP contribution in [-0.4, -0.2) is 11.1 Å². The van der Waals surface area contributed by atoms with Crippen LogP contribution in [0, 0.1) is 5.82 Å². The predicted molar refractivity (Wildman–Crippen MR) is 74.8 cm³/mol. The van der Waals surface area contributed by atoms with Gasteiger partial charge in [0.15, 0.2) is 0 Å². The third kappa shape index (κ3) is 3.79. The van der Waals surface area contributed by atoms with E-state index in [-0.39, 0.29) is 11.4 Å². The van der Waals surface area contributed by atoms with Gasteiger partial charge in [0.1, 0.15) is 5.82 Å². The molecule has 5 heteroatoms. The second kappa shape index (κ2) is 5.84. The molecule has 3 nitrogen and oxygen atoms in total. The fraction of sp³-hybridized carbons (Fsp3) is 0.0714. The van der Waals surface area contributed by atoms with Crippen molar-refractivity contribution in [3.8, 4) is 0 Å². The van der Waals surface area contributed by atoms with E-state index in [1.165, 1.54) is 18.2 Å². The molecule has 2 rings (SSSR count). The van der Waals surface area contributed by atoms with E-state index in [9.17, 15) is 9.18 Å². The van der Waals surface area contributed by atoms with Crippen molar-refractivity contribution in [3.05, 3.63) is 63.9 Å². The Hall–Kier alpha value is -1.88. The first-order valence-corrected chi connectivity index (χ1v) is 6.36. The average Bonchev–Trinajstić information content (AvgIpc) is 2.37. The highest BCUT2D eigenvalue weighted by Gasteiger charge is 2.05. The summed E-state index contributed by atoms with van der Waals surface area (Å²) in [7, 11) is 0. The minimum absolute atomic E-state index is 0.205. The molecule has 0 radical (unpaired) electrons. The number of anilines is 1. The number of rotatable bonds is 4. The first-order valence-electron chi connectivity index (χ1n) is 5.57. The molecule has 0 saturated heterocycles. The maximum absolute atomic E-state index is 12.8. The number of carbonyl (C=O) groups is 1. The number of carboxylic acid groups (broad SMARTS) is 1. The molecular weight excluding hydrogens is 313 g/mol. The van der Waals surface area contributed by atoms with E-state index in [0.717, 1.165) is 5.56 Å². The highest BCUT2D eigenvalue weighted by Crippen LogP contribution is 2.20. The van der Waals surface area contributed by atoms with Gasteiger partial charge in [0.25, 0.3) is 0 Å². The molecule has 0 unspecified atom stereocenters. The van der Waals surface area contributed by atoms with Crippen LogP contribution in [0.15, 0.2) is 46.9 Å². The molecule has 0 amide bonds. The first kappa shape index (κ1) is 13.5. The van der Waals surface area contributed by atoms with Crippen LogP contribution in [-0.2, 0) is 6.54 Å². The van der Waals surface area contributed by atoms with Gasteiger partial charge >= 0.3 is 5.97 Å². The van der Waals surface area contributed by atoms with Crippen LogP contribution in [0.25, 0.3) is 0 Å². The summed E-state index contributed by atoms with van der Waals surface area (Å²) in [5.74, 6) is -1.26. The minimum Gasteiger partial charge on any atom is -0.478 e. The Balaban J connectivity index is 2.11. The predicted octanol–water partition coefficient (Wildman–Crippen LogP) is 3.90. The van der Waals surface area contributed by atoms with Crippen LogP contribution in [0.1, 0.15) is 15.9 Å². The van der Waals surface area contributed by atoms with Gasteiger partial charge in [-0.05, 0) is 35.9 Å². The molecule has 0 fully saturated rings. The number of hydrogen-bond acceptors (Lipinski definition) is 2. The van der Waals surface area contributed by atoms with E-state index in [2.05, 4.69) is 21.2 Å². The van der Waals surface area contributed by atoms with Gasteiger partial charge in [-0.25, -0.2) is 9.18 Å². The fourth-order valence-corrected chi connectivity index (χ4v) is 2.11. The van der Waals surface area contributed by atoms with E-state index >= 15 is 0 Å². The van der Waals surface area contributed by atoms with E-state index < -0.39 is 5.97 Å². The standard InChI is InChI=1S/C14H11BrFNO2/c15-11-5-10(14(18)19)6-13(7-11)17-8-9-1-3-12(16)4-2-9/h1-7,17H,8H2,(H,18,19). The molecular formula is C14H11BrFNO2. The topological polar surface area (TPSA) is 49.3 Å². The zero-order valence-corrected chi connectivity index (χ0v) is 11.4. The van der Waals surface area contributed by atoms with Crippen molar-refractivity contribution < 1.29 is 14.3 Å². The van der Waals surface area contributed by atoms with Crippen LogP contribution in [0.5, 0.6) is 0 Å². The van der Waals surface area contributed by atoms with Gasteiger partial charge in [0.2, 0.25) is 0 Å². The molecule has 2 N–H and O–H groups in total.